The molecule has 5 nitrogen and oxygen atoms in total. The number of aromatic nitrogens is 2. The topological polar surface area (TPSA) is 47.5 Å². The minimum Gasteiger partial charge on any atom is -0.376 e. The molecule has 0 aliphatic carbocycles. The third-order valence-electron chi connectivity index (χ3n) is 4.83. The normalized spacial score (nSPS) is 26.0. The molecule has 1 aromatic rings. The van der Waals surface area contributed by atoms with E-state index in [1.807, 2.05) is 6.20 Å². The quantitative estimate of drug-likeness (QED) is 0.837. The Bertz CT molecular complexity index is 429. The van der Waals surface area contributed by atoms with E-state index in [1.54, 1.807) is 12.4 Å². The summed E-state index contributed by atoms with van der Waals surface area (Å²) in [5.74, 6) is 0. The van der Waals surface area contributed by atoms with Gasteiger partial charge in [-0.3, -0.25) is 14.9 Å². The fourth-order valence-electron chi connectivity index (χ4n) is 3.33. The lowest BCUT2D eigenvalue weighted by Crippen LogP contribution is -2.39. The summed E-state index contributed by atoms with van der Waals surface area (Å²) in [7, 11) is 0. The molecule has 0 unspecified atom stereocenters. The van der Waals surface area contributed by atoms with Crippen molar-refractivity contribution in [2.75, 3.05) is 26.3 Å². The number of hydrogen-bond acceptors (Lipinski definition) is 5. The standard InChI is InChI=1S/C17H27N3O2/c1-14(17-12-18-7-8-19-17)20-9-5-15(6-10-20)22-13-16-4-2-3-11-21-16/h7-8,12,14-16H,2-6,9-11,13H2,1H3/t14-,16-/m1/s1. The van der Waals surface area contributed by atoms with Gasteiger partial charge < -0.3 is 9.47 Å². The Morgan fingerprint density at radius 3 is 2.82 bits per heavy atom. The summed E-state index contributed by atoms with van der Waals surface area (Å²) in [5, 5.41) is 0. The van der Waals surface area contributed by atoms with E-state index in [2.05, 4.69) is 21.8 Å². The van der Waals surface area contributed by atoms with E-state index in [1.165, 1.54) is 12.8 Å². The van der Waals surface area contributed by atoms with Crippen LogP contribution >= 0.6 is 0 Å². The largest absolute Gasteiger partial charge is 0.376 e. The molecule has 3 rings (SSSR count). The van der Waals surface area contributed by atoms with Gasteiger partial charge in [-0.25, -0.2) is 0 Å². The summed E-state index contributed by atoms with van der Waals surface area (Å²) in [6.45, 7) is 6.01. The summed E-state index contributed by atoms with van der Waals surface area (Å²) in [6, 6.07) is 0.330. The number of likely N-dealkylation sites (tertiary alicyclic amines) is 1. The van der Waals surface area contributed by atoms with Crippen molar-refractivity contribution in [1.29, 1.82) is 0 Å². The predicted octanol–water partition coefficient (Wildman–Crippen LogP) is 2.59. The van der Waals surface area contributed by atoms with Crippen LogP contribution in [-0.4, -0.2) is 53.4 Å². The molecule has 0 amide bonds. The highest BCUT2D eigenvalue weighted by Crippen LogP contribution is 2.24. The molecule has 0 saturated carbocycles. The minimum atomic E-state index is 0.324. The van der Waals surface area contributed by atoms with Gasteiger partial charge >= 0.3 is 0 Å². The Hall–Kier alpha value is -1.04. The van der Waals surface area contributed by atoms with Crippen molar-refractivity contribution in [3.63, 3.8) is 0 Å². The number of hydrogen-bond donors (Lipinski definition) is 0. The van der Waals surface area contributed by atoms with Crippen molar-refractivity contribution < 1.29 is 9.47 Å². The van der Waals surface area contributed by atoms with Crippen molar-refractivity contribution in [2.45, 2.75) is 57.3 Å². The van der Waals surface area contributed by atoms with Crippen LogP contribution in [0.15, 0.2) is 18.6 Å². The molecule has 3 heterocycles. The van der Waals surface area contributed by atoms with Gasteiger partial charge in [0.05, 0.1) is 30.6 Å². The Morgan fingerprint density at radius 2 is 2.14 bits per heavy atom. The van der Waals surface area contributed by atoms with Crippen LogP contribution in [0.25, 0.3) is 0 Å². The first-order valence-corrected chi connectivity index (χ1v) is 8.56. The molecule has 0 aromatic carbocycles. The fourth-order valence-corrected chi connectivity index (χ4v) is 3.33. The second-order valence-electron chi connectivity index (χ2n) is 6.36. The highest BCUT2D eigenvalue weighted by Gasteiger charge is 2.25. The fraction of sp³-hybridized carbons (Fsp3) is 0.765. The molecule has 0 N–H and O–H groups in total. The summed E-state index contributed by atoms with van der Waals surface area (Å²) in [5.41, 5.74) is 1.05. The first-order valence-electron chi connectivity index (χ1n) is 8.56. The lowest BCUT2D eigenvalue weighted by Gasteiger charge is -2.36. The molecule has 2 atom stereocenters. The first kappa shape index (κ1) is 15.8. The summed E-state index contributed by atoms with van der Waals surface area (Å²) in [6.07, 6.45) is 11.9. The number of piperidine rings is 1. The van der Waals surface area contributed by atoms with Gasteiger partial charge in [-0.1, -0.05) is 0 Å². The van der Waals surface area contributed by atoms with E-state index < -0.39 is 0 Å². The first-order chi connectivity index (χ1) is 10.8. The monoisotopic (exact) mass is 305 g/mol. The zero-order valence-electron chi connectivity index (χ0n) is 13.5. The van der Waals surface area contributed by atoms with Crippen LogP contribution < -0.4 is 0 Å². The lowest BCUT2D eigenvalue weighted by atomic mass is 10.0. The Morgan fingerprint density at radius 1 is 1.27 bits per heavy atom. The molecule has 1 aromatic heterocycles. The van der Waals surface area contributed by atoms with Gasteiger partial charge in [0.1, 0.15) is 0 Å². The van der Waals surface area contributed by atoms with Crippen LogP contribution in [-0.2, 0) is 9.47 Å². The van der Waals surface area contributed by atoms with Crippen LogP contribution in [0.3, 0.4) is 0 Å². The molecule has 2 saturated heterocycles. The van der Waals surface area contributed by atoms with Gasteiger partial charge in [0.2, 0.25) is 0 Å². The highest BCUT2D eigenvalue weighted by atomic mass is 16.5. The Labute approximate surface area is 133 Å². The zero-order valence-corrected chi connectivity index (χ0v) is 13.5. The smallest absolute Gasteiger partial charge is 0.0808 e. The molecular formula is C17H27N3O2. The van der Waals surface area contributed by atoms with Gasteiger partial charge in [0, 0.05) is 38.3 Å². The maximum absolute atomic E-state index is 6.08. The predicted molar refractivity (Wildman–Crippen MR) is 84.6 cm³/mol. The number of nitrogens with zero attached hydrogens (tertiary/aromatic N) is 3. The van der Waals surface area contributed by atoms with Crippen LogP contribution in [0.4, 0.5) is 0 Å². The van der Waals surface area contributed by atoms with E-state index in [0.29, 0.717) is 18.2 Å². The van der Waals surface area contributed by atoms with E-state index >= 15 is 0 Å². The Balaban J connectivity index is 1.40. The average Bonchev–Trinajstić information content (AvgIpc) is 2.61. The van der Waals surface area contributed by atoms with Gasteiger partial charge in [-0.05, 0) is 39.0 Å². The molecule has 122 valence electrons. The van der Waals surface area contributed by atoms with E-state index in [0.717, 1.165) is 51.3 Å². The molecule has 2 aliphatic rings. The molecule has 0 radical (unpaired) electrons. The number of ether oxygens (including phenoxy) is 2. The minimum absolute atomic E-state index is 0.324. The maximum atomic E-state index is 6.08. The van der Waals surface area contributed by atoms with Crippen LogP contribution in [0, 0.1) is 0 Å². The van der Waals surface area contributed by atoms with Crippen molar-refractivity contribution >= 4 is 0 Å². The van der Waals surface area contributed by atoms with Gasteiger partial charge in [0.25, 0.3) is 0 Å². The third kappa shape index (κ3) is 4.24. The van der Waals surface area contributed by atoms with E-state index in [4.69, 9.17) is 9.47 Å². The van der Waals surface area contributed by atoms with Crippen LogP contribution in [0.2, 0.25) is 0 Å². The summed E-state index contributed by atoms with van der Waals surface area (Å²) >= 11 is 0. The molecule has 0 bridgehead atoms. The molecule has 0 spiro atoms. The van der Waals surface area contributed by atoms with Gasteiger partial charge in [-0.15, -0.1) is 0 Å². The van der Waals surface area contributed by atoms with E-state index in [-0.39, 0.29) is 0 Å². The summed E-state index contributed by atoms with van der Waals surface area (Å²) in [4.78, 5) is 11.1. The zero-order chi connectivity index (χ0) is 15.2. The van der Waals surface area contributed by atoms with Crippen molar-refractivity contribution in [2.24, 2.45) is 0 Å². The van der Waals surface area contributed by atoms with Crippen molar-refractivity contribution in [3.8, 4) is 0 Å². The highest BCUT2D eigenvalue weighted by molar-refractivity contribution is 5.01. The van der Waals surface area contributed by atoms with Gasteiger partial charge in [-0.2, -0.15) is 0 Å². The van der Waals surface area contributed by atoms with Crippen LogP contribution in [0.1, 0.15) is 50.8 Å². The SMILES string of the molecule is C[C@H](c1cnccn1)N1CCC(OC[C@H]2CCCCO2)CC1. The van der Waals surface area contributed by atoms with Crippen molar-refractivity contribution in [1.82, 2.24) is 14.9 Å². The lowest BCUT2D eigenvalue weighted by molar-refractivity contribution is -0.0769. The second-order valence-corrected chi connectivity index (χ2v) is 6.36. The molecular weight excluding hydrogens is 278 g/mol. The van der Waals surface area contributed by atoms with E-state index in [9.17, 15) is 0 Å². The second kappa shape index (κ2) is 7.99. The Kier molecular flexibility index (Phi) is 5.76. The molecule has 2 aliphatic heterocycles. The number of rotatable bonds is 5. The molecule has 2 fully saturated rings. The average molecular weight is 305 g/mol. The summed E-state index contributed by atoms with van der Waals surface area (Å²) < 4.78 is 11.8. The van der Waals surface area contributed by atoms with Crippen molar-refractivity contribution in [3.05, 3.63) is 24.3 Å². The maximum Gasteiger partial charge on any atom is 0.0808 e. The molecule has 5 heteroatoms. The van der Waals surface area contributed by atoms with Crippen LogP contribution in [0.5, 0.6) is 0 Å². The third-order valence-corrected chi connectivity index (χ3v) is 4.83. The van der Waals surface area contributed by atoms with Gasteiger partial charge in [0.15, 0.2) is 0 Å². The molecule has 22 heavy (non-hydrogen) atoms.